The van der Waals surface area contributed by atoms with Crippen molar-refractivity contribution in [3.8, 4) is 11.5 Å². The van der Waals surface area contributed by atoms with Crippen molar-refractivity contribution >= 4 is 5.91 Å². The molecule has 2 atom stereocenters. The molecule has 0 radical (unpaired) electrons. The summed E-state index contributed by atoms with van der Waals surface area (Å²) in [6.45, 7) is 2.70. The Balaban J connectivity index is 1.24. The second-order valence-corrected chi connectivity index (χ2v) is 8.06. The molecule has 6 heteroatoms. The molecular weight excluding hydrogens is 378 g/mol. The summed E-state index contributed by atoms with van der Waals surface area (Å²) in [5.41, 5.74) is 3.57. The van der Waals surface area contributed by atoms with Crippen LogP contribution in [0.4, 0.5) is 0 Å². The maximum absolute atomic E-state index is 12.9. The van der Waals surface area contributed by atoms with E-state index < -0.39 is 6.10 Å². The number of benzene rings is 2. The fraction of sp³-hybridized carbons (Fsp3) is 0.333. The summed E-state index contributed by atoms with van der Waals surface area (Å²) in [5, 5.41) is 10.8. The van der Waals surface area contributed by atoms with Crippen molar-refractivity contribution in [3.05, 3.63) is 77.7 Å². The van der Waals surface area contributed by atoms with Crippen LogP contribution in [-0.2, 0) is 13.0 Å². The quantitative estimate of drug-likeness (QED) is 0.728. The van der Waals surface area contributed by atoms with Crippen LogP contribution < -0.4 is 0 Å². The molecule has 3 heterocycles. The second kappa shape index (κ2) is 8.05. The maximum Gasteiger partial charge on any atom is 0.291 e. The van der Waals surface area contributed by atoms with Gasteiger partial charge in [-0.15, -0.1) is 0 Å². The summed E-state index contributed by atoms with van der Waals surface area (Å²) in [5.74, 6) is 0.430. The van der Waals surface area contributed by atoms with Gasteiger partial charge >= 0.3 is 0 Å². The molecule has 1 N–H and O–H groups in total. The first-order valence-corrected chi connectivity index (χ1v) is 10.5. The third kappa shape index (κ3) is 3.64. The van der Waals surface area contributed by atoms with Gasteiger partial charge in [0.1, 0.15) is 0 Å². The molecule has 2 aromatic carbocycles. The van der Waals surface area contributed by atoms with E-state index in [9.17, 15) is 9.90 Å². The summed E-state index contributed by atoms with van der Waals surface area (Å²) in [4.78, 5) is 21.2. The van der Waals surface area contributed by atoms with Gasteiger partial charge in [0, 0.05) is 37.8 Å². The van der Waals surface area contributed by atoms with E-state index in [2.05, 4.69) is 34.1 Å². The predicted molar refractivity (Wildman–Crippen MR) is 113 cm³/mol. The summed E-state index contributed by atoms with van der Waals surface area (Å²) < 4.78 is 5.71. The largest absolute Gasteiger partial charge is 0.431 e. The predicted octanol–water partition coefficient (Wildman–Crippen LogP) is 2.98. The average Bonchev–Trinajstić information content (AvgIpc) is 3.29. The highest BCUT2D eigenvalue weighted by Gasteiger charge is 2.36. The highest BCUT2D eigenvalue weighted by Crippen LogP contribution is 2.26. The molecule has 0 saturated carbocycles. The smallest absolute Gasteiger partial charge is 0.291 e. The van der Waals surface area contributed by atoms with Gasteiger partial charge in [0.15, 0.2) is 0 Å². The number of hydrogen-bond donors (Lipinski definition) is 1. The second-order valence-electron chi connectivity index (χ2n) is 8.06. The van der Waals surface area contributed by atoms with Gasteiger partial charge in [-0.05, 0) is 36.1 Å². The standard InChI is InChI=1S/C24H25N3O3/c28-21-16-27(24(29)22-14-25-23(30-22)18-7-2-1-3-8-18)13-11-20(21)26-12-10-17-6-4-5-9-19(17)15-26/h1-9,14,20-21,28H,10-13,15-16H2/t20-,21-/m1/s1. The maximum atomic E-state index is 12.9. The van der Waals surface area contributed by atoms with Crippen LogP contribution in [0.2, 0.25) is 0 Å². The van der Waals surface area contributed by atoms with E-state index in [4.69, 9.17) is 4.42 Å². The number of amides is 1. The molecule has 6 nitrogen and oxygen atoms in total. The lowest BCUT2D eigenvalue weighted by atomic mass is 9.94. The summed E-state index contributed by atoms with van der Waals surface area (Å²) in [6, 6.07) is 18.1. The molecule has 30 heavy (non-hydrogen) atoms. The molecule has 1 saturated heterocycles. The molecule has 2 aliphatic rings. The van der Waals surface area contributed by atoms with Crippen molar-refractivity contribution in [3.63, 3.8) is 0 Å². The highest BCUT2D eigenvalue weighted by molar-refractivity contribution is 5.91. The van der Waals surface area contributed by atoms with Crippen LogP contribution in [-0.4, -0.2) is 57.6 Å². The number of aliphatic hydroxyl groups excluding tert-OH is 1. The molecule has 0 unspecified atom stereocenters. The zero-order valence-electron chi connectivity index (χ0n) is 16.8. The van der Waals surface area contributed by atoms with E-state index in [0.717, 1.165) is 31.5 Å². The number of carbonyl (C=O) groups is 1. The average molecular weight is 403 g/mol. The number of likely N-dealkylation sites (tertiary alicyclic amines) is 1. The van der Waals surface area contributed by atoms with E-state index in [1.807, 2.05) is 30.3 Å². The van der Waals surface area contributed by atoms with Crippen molar-refractivity contribution in [2.24, 2.45) is 0 Å². The number of carbonyl (C=O) groups excluding carboxylic acids is 1. The molecule has 0 bridgehead atoms. The minimum absolute atomic E-state index is 0.0667. The Morgan fingerprint density at radius 2 is 1.80 bits per heavy atom. The van der Waals surface area contributed by atoms with Crippen LogP contribution >= 0.6 is 0 Å². The van der Waals surface area contributed by atoms with Crippen molar-refractivity contribution in [2.45, 2.75) is 31.5 Å². The van der Waals surface area contributed by atoms with Crippen molar-refractivity contribution in [1.82, 2.24) is 14.8 Å². The molecule has 0 aliphatic carbocycles. The van der Waals surface area contributed by atoms with Gasteiger partial charge < -0.3 is 14.4 Å². The van der Waals surface area contributed by atoms with Crippen molar-refractivity contribution in [1.29, 1.82) is 0 Å². The van der Waals surface area contributed by atoms with Crippen molar-refractivity contribution in [2.75, 3.05) is 19.6 Å². The molecule has 154 valence electrons. The third-order valence-electron chi connectivity index (χ3n) is 6.20. The Hall–Kier alpha value is -2.96. The van der Waals surface area contributed by atoms with Gasteiger partial charge in [-0.25, -0.2) is 4.98 Å². The van der Waals surface area contributed by atoms with Gasteiger partial charge in [0.25, 0.3) is 5.91 Å². The lowest BCUT2D eigenvalue weighted by molar-refractivity contribution is -0.0145. The Labute approximate surface area is 175 Å². The van der Waals surface area contributed by atoms with Gasteiger partial charge in [0.05, 0.1) is 12.3 Å². The molecule has 1 fully saturated rings. The number of aliphatic hydroxyl groups is 1. The van der Waals surface area contributed by atoms with Crippen LogP contribution in [0.5, 0.6) is 0 Å². The first-order valence-electron chi connectivity index (χ1n) is 10.5. The Bertz CT molecular complexity index is 1030. The SMILES string of the molecule is O=C(c1cnc(-c2ccccc2)o1)N1CC[C@@H](N2CCc3ccccc3C2)[C@H](O)C1. The topological polar surface area (TPSA) is 69.8 Å². The lowest BCUT2D eigenvalue weighted by Crippen LogP contribution is -2.56. The molecule has 0 spiro atoms. The van der Waals surface area contributed by atoms with Crippen LogP contribution in [0.15, 0.2) is 65.2 Å². The number of oxazole rings is 1. The van der Waals surface area contributed by atoms with E-state index in [0.29, 0.717) is 19.0 Å². The van der Waals surface area contributed by atoms with Gasteiger partial charge in [0.2, 0.25) is 11.7 Å². The minimum atomic E-state index is -0.579. The highest BCUT2D eigenvalue weighted by atomic mass is 16.4. The van der Waals surface area contributed by atoms with Crippen LogP contribution in [0.25, 0.3) is 11.5 Å². The number of aromatic nitrogens is 1. The van der Waals surface area contributed by atoms with E-state index in [-0.39, 0.29) is 17.7 Å². The summed E-state index contributed by atoms with van der Waals surface area (Å²) in [6.07, 6.45) is 2.64. The number of piperidine rings is 1. The van der Waals surface area contributed by atoms with Crippen LogP contribution in [0.3, 0.4) is 0 Å². The van der Waals surface area contributed by atoms with E-state index in [1.165, 1.54) is 17.3 Å². The normalized spacial score (nSPS) is 22.0. The molecule has 3 aromatic rings. The van der Waals surface area contributed by atoms with Gasteiger partial charge in [-0.2, -0.15) is 0 Å². The molecule has 5 rings (SSSR count). The van der Waals surface area contributed by atoms with Crippen molar-refractivity contribution < 1.29 is 14.3 Å². The minimum Gasteiger partial charge on any atom is -0.431 e. The van der Waals surface area contributed by atoms with Gasteiger partial charge in [-0.3, -0.25) is 9.69 Å². The lowest BCUT2D eigenvalue weighted by Gasteiger charge is -2.43. The van der Waals surface area contributed by atoms with Crippen LogP contribution in [0.1, 0.15) is 28.1 Å². The van der Waals surface area contributed by atoms with Crippen LogP contribution in [0, 0.1) is 0 Å². The first kappa shape index (κ1) is 19.0. The van der Waals surface area contributed by atoms with Gasteiger partial charge in [-0.1, -0.05) is 42.5 Å². The Kier molecular flexibility index (Phi) is 5.11. The zero-order chi connectivity index (χ0) is 20.5. The van der Waals surface area contributed by atoms with E-state index in [1.54, 1.807) is 4.90 Å². The fourth-order valence-corrected chi connectivity index (χ4v) is 4.57. The number of fused-ring (bicyclic) bond motifs is 1. The Morgan fingerprint density at radius 3 is 2.60 bits per heavy atom. The molecule has 2 aliphatic heterocycles. The van der Waals surface area contributed by atoms with E-state index >= 15 is 0 Å². The zero-order valence-corrected chi connectivity index (χ0v) is 16.8. The number of rotatable bonds is 3. The fourth-order valence-electron chi connectivity index (χ4n) is 4.57. The first-order chi connectivity index (χ1) is 14.7. The number of hydrogen-bond acceptors (Lipinski definition) is 5. The third-order valence-corrected chi connectivity index (χ3v) is 6.20. The molecule has 1 aromatic heterocycles. The monoisotopic (exact) mass is 403 g/mol. The number of β-amino-alcohol motifs (C(OH)–C–C–N with tert-alkyl or cyclic N) is 1. The summed E-state index contributed by atoms with van der Waals surface area (Å²) in [7, 11) is 0. The Morgan fingerprint density at radius 1 is 1.03 bits per heavy atom. The summed E-state index contributed by atoms with van der Waals surface area (Å²) >= 11 is 0. The molecule has 1 amide bonds. The number of nitrogens with zero attached hydrogens (tertiary/aromatic N) is 3. The molecular formula is C24H25N3O3.